The van der Waals surface area contributed by atoms with Crippen LogP contribution in [0.4, 0.5) is 0 Å². The number of esters is 1. The molecule has 1 saturated heterocycles. The number of rotatable bonds is 0. The van der Waals surface area contributed by atoms with Crippen molar-refractivity contribution in [1.82, 2.24) is 0 Å². The third kappa shape index (κ3) is 4.69. The van der Waals surface area contributed by atoms with E-state index < -0.39 is 5.60 Å². The van der Waals surface area contributed by atoms with Crippen molar-refractivity contribution in [2.45, 2.75) is 99.6 Å². The highest BCUT2D eigenvalue weighted by molar-refractivity contribution is 9.09. The average molecular weight is 584 g/mol. The Morgan fingerprint density at radius 2 is 1.79 bits per heavy atom. The van der Waals surface area contributed by atoms with Crippen LogP contribution in [-0.4, -0.2) is 38.0 Å². The van der Waals surface area contributed by atoms with Gasteiger partial charge in [0.25, 0.3) is 0 Å². The van der Waals surface area contributed by atoms with Crippen LogP contribution in [0.25, 0.3) is 0 Å². The van der Waals surface area contributed by atoms with Crippen LogP contribution in [0, 0.1) is 11.3 Å². The third-order valence-corrected chi connectivity index (χ3v) is 11.4. The quantitative estimate of drug-likeness (QED) is 0.201. The number of benzene rings is 1. The fourth-order valence-corrected chi connectivity index (χ4v) is 7.48. The molecule has 4 aliphatic rings. The maximum atomic E-state index is 13.1. The largest absolute Gasteiger partial charge is 0.508 e. The van der Waals surface area contributed by atoms with Crippen molar-refractivity contribution in [3.8, 4) is 5.75 Å². The topological polar surface area (TPSA) is 55.8 Å². The lowest BCUT2D eigenvalue weighted by molar-refractivity contribution is -0.214. The average Bonchev–Trinajstić information content (AvgIpc) is 2.74. The van der Waals surface area contributed by atoms with Crippen LogP contribution in [0.2, 0.25) is 0 Å². The van der Waals surface area contributed by atoms with Gasteiger partial charge in [-0.1, -0.05) is 50.9 Å². The van der Waals surface area contributed by atoms with Crippen LogP contribution < -0.4 is 0 Å². The number of carbonyl (C=O) groups is 1. The number of carbonyl (C=O) groups excluding carboxylic acids is 1. The lowest BCUT2D eigenvalue weighted by Crippen LogP contribution is -2.56. The maximum Gasteiger partial charge on any atom is 0.338 e. The van der Waals surface area contributed by atoms with Crippen LogP contribution >= 0.6 is 31.9 Å². The molecule has 5 rings (SSSR count). The van der Waals surface area contributed by atoms with Crippen molar-refractivity contribution >= 4 is 37.8 Å². The van der Waals surface area contributed by atoms with Crippen LogP contribution in [0.5, 0.6) is 5.75 Å². The first kappa shape index (κ1) is 25.2. The standard InChI is InChI=1S/C27H36Br2O4/c1-16-6-9-21(28)26(4)12-10-22(29)27(5)13-11-23(25(2,3)33-27)32-24(31)17-7-8-20(30)18(14-17)15-19(16)26/h7-8,14,19,21-23,30H,1,6,9-13,15H2,2-5H3/t19-,21+,22-,23+,26+,27-/m1/s1. The summed E-state index contributed by atoms with van der Waals surface area (Å²) in [5, 5.41) is 10.7. The number of hydrogen-bond acceptors (Lipinski definition) is 4. The van der Waals surface area contributed by atoms with E-state index in [4.69, 9.17) is 9.47 Å². The molecular weight excluding hydrogens is 548 g/mol. The minimum atomic E-state index is -0.599. The second-order valence-corrected chi connectivity index (χ2v) is 13.4. The van der Waals surface area contributed by atoms with Gasteiger partial charge in [-0.15, -0.1) is 0 Å². The van der Waals surface area contributed by atoms with Crippen LogP contribution in [0.3, 0.4) is 0 Å². The minimum Gasteiger partial charge on any atom is -0.508 e. The molecule has 1 N–H and O–H groups in total. The Labute approximate surface area is 214 Å². The summed E-state index contributed by atoms with van der Waals surface area (Å²) in [7, 11) is 0. The number of phenolic OH excluding ortho intramolecular Hbond substituents is 1. The molecule has 0 spiro atoms. The van der Waals surface area contributed by atoms with Gasteiger partial charge in [-0.05, 0) is 101 Å². The van der Waals surface area contributed by atoms with Gasteiger partial charge in [0, 0.05) is 9.65 Å². The maximum absolute atomic E-state index is 13.1. The van der Waals surface area contributed by atoms with Crippen molar-refractivity contribution < 1.29 is 19.4 Å². The van der Waals surface area contributed by atoms with E-state index in [0.29, 0.717) is 16.8 Å². The monoisotopic (exact) mass is 582 g/mol. The van der Waals surface area contributed by atoms with Crippen molar-refractivity contribution in [3.63, 3.8) is 0 Å². The van der Waals surface area contributed by atoms with E-state index in [2.05, 4.69) is 52.3 Å². The molecule has 6 atom stereocenters. The molecule has 0 amide bonds. The third-order valence-electron chi connectivity index (χ3n) is 8.49. The summed E-state index contributed by atoms with van der Waals surface area (Å²) in [6.45, 7) is 13.0. The fraction of sp³-hybridized carbons (Fsp3) is 0.667. The van der Waals surface area contributed by atoms with Gasteiger partial charge in [0.15, 0.2) is 0 Å². The number of phenols is 1. The van der Waals surface area contributed by atoms with E-state index in [1.54, 1.807) is 18.2 Å². The number of fused-ring (bicyclic) bond motifs is 5. The Morgan fingerprint density at radius 3 is 2.48 bits per heavy atom. The first-order valence-electron chi connectivity index (χ1n) is 12.0. The molecule has 3 heterocycles. The molecule has 6 heteroatoms. The summed E-state index contributed by atoms with van der Waals surface area (Å²) < 4.78 is 12.6. The van der Waals surface area contributed by atoms with Gasteiger partial charge in [-0.3, -0.25) is 0 Å². The lowest BCUT2D eigenvalue weighted by atomic mass is 9.61. The minimum absolute atomic E-state index is 0.0342. The molecule has 182 valence electrons. The molecule has 0 radical (unpaired) electrons. The van der Waals surface area contributed by atoms with E-state index >= 15 is 0 Å². The summed E-state index contributed by atoms with van der Waals surface area (Å²) in [6, 6.07) is 5.07. The van der Waals surface area contributed by atoms with Crippen LogP contribution in [-0.2, 0) is 15.9 Å². The zero-order chi connectivity index (χ0) is 24.2. The number of allylic oxidation sites excluding steroid dienone is 1. The molecule has 1 aliphatic carbocycles. The number of hydrogen-bond donors (Lipinski definition) is 1. The highest BCUT2D eigenvalue weighted by Gasteiger charge is 2.50. The number of aromatic hydroxyl groups is 1. The molecule has 4 bridgehead atoms. The molecule has 3 aliphatic heterocycles. The smallest absolute Gasteiger partial charge is 0.338 e. The molecule has 0 unspecified atom stereocenters. The highest BCUT2D eigenvalue weighted by Crippen LogP contribution is 2.53. The molecule has 1 aromatic rings. The predicted octanol–water partition coefficient (Wildman–Crippen LogP) is 7.10. The normalized spacial score (nSPS) is 39.2. The van der Waals surface area contributed by atoms with E-state index in [1.807, 2.05) is 13.8 Å². The summed E-state index contributed by atoms with van der Waals surface area (Å²) in [5.41, 5.74) is 1.49. The number of alkyl halides is 2. The second-order valence-electron chi connectivity index (χ2n) is 11.2. The first-order valence-corrected chi connectivity index (χ1v) is 13.9. The zero-order valence-corrected chi connectivity index (χ0v) is 23.3. The summed E-state index contributed by atoms with van der Waals surface area (Å²) >= 11 is 8.00. The van der Waals surface area contributed by atoms with Gasteiger partial charge in [-0.25, -0.2) is 4.79 Å². The van der Waals surface area contributed by atoms with Crippen molar-refractivity contribution in [2.24, 2.45) is 11.3 Å². The van der Waals surface area contributed by atoms with Gasteiger partial charge in [0.1, 0.15) is 17.5 Å². The summed E-state index contributed by atoms with van der Waals surface area (Å²) in [4.78, 5) is 13.6. The fourth-order valence-electron chi connectivity index (χ4n) is 6.15. The van der Waals surface area contributed by atoms with Crippen LogP contribution in [0.15, 0.2) is 30.4 Å². The zero-order valence-electron chi connectivity index (χ0n) is 20.1. The molecule has 4 nitrogen and oxygen atoms in total. The molecule has 1 aromatic carbocycles. The Hall–Kier alpha value is -0.850. The first-order chi connectivity index (χ1) is 15.4. The molecule has 1 saturated carbocycles. The summed E-state index contributed by atoms with van der Waals surface area (Å²) in [5.74, 6) is 0.0488. The second kappa shape index (κ2) is 8.98. The molecule has 33 heavy (non-hydrogen) atoms. The number of ether oxygens (including phenoxy) is 2. The van der Waals surface area contributed by atoms with Crippen molar-refractivity contribution in [3.05, 3.63) is 41.5 Å². The molecular formula is C27H36Br2O4. The lowest BCUT2D eigenvalue weighted by Gasteiger charge is -2.51. The molecule has 2 fully saturated rings. The van der Waals surface area contributed by atoms with Gasteiger partial charge in [0.05, 0.1) is 11.2 Å². The molecule has 0 aromatic heterocycles. The Kier molecular flexibility index (Phi) is 6.87. The predicted molar refractivity (Wildman–Crippen MR) is 138 cm³/mol. The number of halogens is 2. The van der Waals surface area contributed by atoms with Gasteiger partial charge in [0.2, 0.25) is 0 Å². The van der Waals surface area contributed by atoms with Crippen LogP contribution in [0.1, 0.15) is 82.1 Å². The Morgan fingerprint density at radius 1 is 1.06 bits per heavy atom. The van der Waals surface area contributed by atoms with Gasteiger partial charge < -0.3 is 14.6 Å². The summed E-state index contributed by atoms with van der Waals surface area (Å²) in [6.07, 6.45) is 5.88. The Balaban J connectivity index is 1.79. The van der Waals surface area contributed by atoms with E-state index in [0.717, 1.165) is 44.1 Å². The van der Waals surface area contributed by atoms with E-state index in [1.165, 1.54) is 5.57 Å². The van der Waals surface area contributed by atoms with Gasteiger partial charge >= 0.3 is 5.97 Å². The van der Waals surface area contributed by atoms with E-state index in [-0.39, 0.29) is 39.6 Å². The van der Waals surface area contributed by atoms with Crippen molar-refractivity contribution in [1.29, 1.82) is 0 Å². The van der Waals surface area contributed by atoms with Gasteiger partial charge in [-0.2, -0.15) is 0 Å². The SMILES string of the molecule is C=C1CC[C@H](Br)[C@@]2(C)CC[C@@H](Br)[C@@]3(C)CC[C@H](OC(=O)c4ccc(O)c(c4)C[C@H]12)C(C)(C)O3. The van der Waals surface area contributed by atoms with E-state index in [9.17, 15) is 9.90 Å². The van der Waals surface area contributed by atoms with Crippen molar-refractivity contribution in [2.75, 3.05) is 0 Å². The highest BCUT2D eigenvalue weighted by atomic mass is 79.9. The Bertz CT molecular complexity index is 944.